The van der Waals surface area contributed by atoms with E-state index >= 15 is 0 Å². The topological polar surface area (TPSA) is 73.8 Å². The van der Waals surface area contributed by atoms with Crippen LogP contribution < -0.4 is 5.73 Å². The summed E-state index contributed by atoms with van der Waals surface area (Å²) < 4.78 is 1.67. The van der Waals surface area contributed by atoms with Crippen molar-refractivity contribution in [2.24, 2.45) is 12.8 Å². The summed E-state index contributed by atoms with van der Waals surface area (Å²) in [5, 5.41) is 7.56. The van der Waals surface area contributed by atoms with Gasteiger partial charge in [-0.05, 0) is 13.0 Å². The van der Waals surface area contributed by atoms with E-state index in [1.165, 1.54) is 11.3 Å². The molecule has 0 fully saturated rings. The summed E-state index contributed by atoms with van der Waals surface area (Å²) in [6.07, 6.45) is 1.66. The summed E-state index contributed by atoms with van der Waals surface area (Å²) >= 11 is 7.71. The van der Waals surface area contributed by atoms with Crippen molar-refractivity contribution in [1.29, 1.82) is 0 Å². The van der Waals surface area contributed by atoms with Crippen molar-refractivity contribution in [3.8, 4) is 0 Å². The molecule has 0 bridgehead atoms. The van der Waals surface area contributed by atoms with E-state index in [9.17, 15) is 4.79 Å². The monoisotopic (exact) mass is 312 g/mol. The Morgan fingerprint density at radius 2 is 2.30 bits per heavy atom. The smallest absolute Gasteiger partial charge is 0.188 e. The Hall–Kier alpha value is -1.24. The Labute approximate surface area is 126 Å². The minimum Gasteiger partial charge on any atom is -0.330 e. The predicted octanol–water partition coefficient (Wildman–Crippen LogP) is 2.02. The first-order valence-corrected chi connectivity index (χ1v) is 7.70. The van der Waals surface area contributed by atoms with Crippen LogP contribution in [0.4, 0.5) is 0 Å². The molecule has 20 heavy (non-hydrogen) atoms. The van der Waals surface area contributed by atoms with E-state index < -0.39 is 0 Å². The van der Waals surface area contributed by atoms with Crippen LogP contribution >= 0.6 is 22.9 Å². The number of carbonyl (C=O) groups is 1. The lowest BCUT2D eigenvalue weighted by Crippen LogP contribution is -2.09. The second-order valence-corrected chi connectivity index (χ2v) is 5.77. The molecule has 108 valence electrons. The third-order valence-electron chi connectivity index (χ3n) is 3.03. The third-order valence-corrected chi connectivity index (χ3v) is 4.37. The molecule has 0 aliphatic carbocycles. The van der Waals surface area contributed by atoms with E-state index in [1.54, 1.807) is 17.1 Å². The molecule has 0 atom stereocenters. The minimum atomic E-state index is -0.0444. The van der Waals surface area contributed by atoms with Gasteiger partial charge in [-0.3, -0.25) is 9.48 Å². The molecule has 7 heteroatoms. The zero-order valence-corrected chi connectivity index (χ0v) is 13.1. The summed E-state index contributed by atoms with van der Waals surface area (Å²) in [6, 6.07) is 0. The molecule has 5 nitrogen and oxygen atoms in total. The van der Waals surface area contributed by atoms with Crippen LogP contribution in [0.3, 0.4) is 0 Å². The maximum absolute atomic E-state index is 12.2. The molecule has 0 amide bonds. The van der Waals surface area contributed by atoms with Gasteiger partial charge < -0.3 is 5.73 Å². The fraction of sp³-hybridized carbons (Fsp3) is 0.462. The number of halogens is 1. The molecular formula is C13H17ClN4OS. The summed E-state index contributed by atoms with van der Waals surface area (Å²) in [7, 11) is 1.80. The Balaban J connectivity index is 2.16. The highest BCUT2D eigenvalue weighted by atomic mass is 35.5. The molecule has 0 spiro atoms. The number of nitrogens with two attached hydrogens (primary N) is 1. The molecule has 0 saturated carbocycles. The normalized spacial score (nSPS) is 11.0. The number of Topliss-reactive ketones (excluding diaryl/α,β-unsaturated/α-hetero) is 1. The van der Waals surface area contributed by atoms with Gasteiger partial charge in [0.05, 0.1) is 27.8 Å². The number of aromatic nitrogens is 3. The maximum Gasteiger partial charge on any atom is 0.188 e. The van der Waals surface area contributed by atoms with E-state index in [0.717, 1.165) is 22.8 Å². The number of hydrogen-bond donors (Lipinski definition) is 1. The highest BCUT2D eigenvalue weighted by Crippen LogP contribution is 2.22. The van der Waals surface area contributed by atoms with Crippen molar-refractivity contribution in [3.63, 3.8) is 0 Å². The van der Waals surface area contributed by atoms with Gasteiger partial charge in [0.15, 0.2) is 5.78 Å². The molecule has 2 aromatic rings. The Kier molecular flexibility index (Phi) is 4.91. The number of thiazole rings is 1. The fourth-order valence-electron chi connectivity index (χ4n) is 1.93. The van der Waals surface area contributed by atoms with Crippen LogP contribution in [0.1, 0.15) is 33.8 Å². The molecule has 2 N–H and O–H groups in total. The van der Waals surface area contributed by atoms with E-state index in [1.807, 2.05) is 6.92 Å². The molecule has 0 radical (unpaired) electrons. The molecule has 2 heterocycles. The molecular weight excluding hydrogens is 296 g/mol. The van der Waals surface area contributed by atoms with Crippen LogP contribution in [-0.2, 0) is 26.3 Å². The van der Waals surface area contributed by atoms with E-state index in [4.69, 9.17) is 17.3 Å². The van der Waals surface area contributed by atoms with Crippen molar-refractivity contribution in [3.05, 3.63) is 32.5 Å². The summed E-state index contributed by atoms with van der Waals surface area (Å²) in [5.74, 6) is -0.0444. The average molecular weight is 313 g/mol. The van der Waals surface area contributed by atoms with Gasteiger partial charge in [0, 0.05) is 18.8 Å². The van der Waals surface area contributed by atoms with E-state index in [-0.39, 0.29) is 12.2 Å². The second kappa shape index (κ2) is 6.47. The summed E-state index contributed by atoms with van der Waals surface area (Å²) in [4.78, 5) is 16.5. The zero-order chi connectivity index (χ0) is 14.7. The van der Waals surface area contributed by atoms with Crippen molar-refractivity contribution in [2.45, 2.75) is 26.2 Å². The Morgan fingerprint density at radius 3 is 2.90 bits per heavy atom. The lowest BCUT2D eigenvalue weighted by atomic mass is 10.1. The molecule has 0 aliphatic rings. The van der Waals surface area contributed by atoms with Gasteiger partial charge >= 0.3 is 0 Å². The highest BCUT2D eigenvalue weighted by molar-refractivity contribution is 7.09. The van der Waals surface area contributed by atoms with E-state index in [2.05, 4.69) is 10.1 Å². The molecule has 0 unspecified atom stereocenters. The van der Waals surface area contributed by atoms with Gasteiger partial charge in [0.1, 0.15) is 5.69 Å². The average Bonchev–Trinajstić information content (AvgIpc) is 2.99. The summed E-state index contributed by atoms with van der Waals surface area (Å²) in [6.45, 7) is 2.52. The van der Waals surface area contributed by atoms with Crippen LogP contribution in [0, 0.1) is 0 Å². The number of aryl methyl sites for hydroxylation is 2. The van der Waals surface area contributed by atoms with E-state index in [0.29, 0.717) is 23.7 Å². The van der Waals surface area contributed by atoms with Gasteiger partial charge in [0.2, 0.25) is 0 Å². The Morgan fingerprint density at radius 1 is 1.55 bits per heavy atom. The number of nitrogens with zero attached hydrogens (tertiary/aromatic N) is 3. The van der Waals surface area contributed by atoms with Gasteiger partial charge in [-0.1, -0.05) is 18.5 Å². The first-order chi connectivity index (χ1) is 9.56. The zero-order valence-electron chi connectivity index (χ0n) is 11.5. The van der Waals surface area contributed by atoms with Crippen molar-refractivity contribution in [1.82, 2.24) is 14.8 Å². The SMILES string of the molecule is CCc1nn(C)c(CC(=O)c2csc(CCN)n2)c1Cl. The molecule has 2 aromatic heterocycles. The number of ketones is 1. The molecule has 0 aromatic carbocycles. The third kappa shape index (κ3) is 3.08. The predicted molar refractivity (Wildman–Crippen MR) is 80.5 cm³/mol. The second-order valence-electron chi connectivity index (χ2n) is 4.45. The van der Waals surface area contributed by atoms with Gasteiger partial charge in [-0.15, -0.1) is 11.3 Å². The summed E-state index contributed by atoms with van der Waals surface area (Å²) in [5.41, 5.74) is 7.52. The lowest BCUT2D eigenvalue weighted by Gasteiger charge is -2.00. The lowest BCUT2D eigenvalue weighted by molar-refractivity contribution is 0.0986. The highest BCUT2D eigenvalue weighted by Gasteiger charge is 2.18. The van der Waals surface area contributed by atoms with Crippen LogP contribution in [0.15, 0.2) is 5.38 Å². The molecule has 0 saturated heterocycles. The maximum atomic E-state index is 12.2. The van der Waals surface area contributed by atoms with Gasteiger partial charge in [-0.25, -0.2) is 4.98 Å². The first-order valence-electron chi connectivity index (χ1n) is 6.44. The number of rotatable bonds is 6. The van der Waals surface area contributed by atoms with Crippen LogP contribution in [0.5, 0.6) is 0 Å². The van der Waals surface area contributed by atoms with Crippen LogP contribution in [-0.4, -0.2) is 27.1 Å². The fourth-order valence-corrected chi connectivity index (χ4v) is 3.11. The van der Waals surface area contributed by atoms with Crippen molar-refractivity contribution < 1.29 is 4.79 Å². The van der Waals surface area contributed by atoms with Crippen molar-refractivity contribution >= 4 is 28.7 Å². The molecule has 0 aliphatic heterocycles. The van der Waals surface area contributed by atoms with Crippen LogP contribution in [0.25, 0.3) is 0 Å². The van der Waals surface area contributed by atoms with Crippen LogP contribution in [0.2, 0.25) is 5.02 Å². The first kappa shape index (κ1) is 15.2. The molecule has 2 rings (SSSR count). The number of carbonyl (C=O) groups excluding carboxylic acids is 1. The largest absolute Gasteiger partial charge is 0.330 e. The van der Waals surface area contributed by atoms with Crippen molar-refractivity contribution in [2.75, 3.05) is 6.54 Å². The van der Waals surface area contributed by atoms with Gasteiger partial charge in [-0.2, -0.15) is 5.10 Å². The number of hydrogen-bond acceptors (Lipinski definition) is 5. The Bertz CT molecular complexity index is 620. The van der Waals surface area contributed by atoms with Gasteiger partial charge in [0.25, 0.3) is 0 Å². The minimum absolute atomic E-state index is 0.0444. The quantitative estimate of drug-likeness (QED) is 0.828. The standard InChI is InChI=1S/C13H17ClN4OS/c1-3-8-13(14)10(18(2)17-8)6-11(19)9-7-20-12(16-9)4-5-15/h7H,3-6,15H2,1-2H3.